The number of hydrogen-bond donors (Lipinski definition) is 0. The summed E-state index contributed by atoms with van der Waals surface area (Å²) in [4.78, 5) is 17.9. The zero-order valence-electron chi connectivity index (χ0n) is 14.9. The lowest BCUT2D eigenvalue weighted by molar-refractivity contribution is -0.132. The van der Waals surface area contributed by atoms with E-state index < -0.39 is 0 Å². The normalized spacial score (nSPS) is 20.5. The molecule has 0 aliphatic carbocycles. The van der Waals surface area contributed by atoms with Crippen molar-refractivity contribution in [1.29, 1.82) is 5.26 Å². The van der Waals surface area contributed by atoms with Crippen molar-refractivity contribution in [1.82, 2.24) is 9.80 Å². The van der Waals surface area contributed by atoms with E-state index in [1.165, 1.54) is 4.90 Å². The van der Waals surface area contributed by atoms with E-state index in [-0.39, 0.29) is 11.8 Å². The van der Waals surface area contributed by atoms with Gasteiger partial charge in [-0.05, 0) is 36.1 Å². The van der Waals surface area contributed by atoms with Gasteiger partial charge >= 0.3 is 0 Å². The third-order valence-corrected chi connectivity index (χ3v) is 6.78. The molecule has 1 atom stereocenters. The third kappa shape index (κ3) is 3.65. The van der Waals surface area contributed by atoms with Gasteiger partial charge in [0.25, 0.3) is 0 Å². The Morgan fingerprint density at radius 2 is 2.15 bits per heavy atom. The number of benzene rings is 1. The average Bonchev–Trinajstić information content (AvgIpc) is 3.21. The van der Waals surface area contributed by atoms with Crippen LogP contribution in [0, 0.1) is 11.3 Å². The summed E-state index contributed by atoms with van der Waals surface area (Å²) in [7, 11) is 0. The second-order valence-electron chi connectivity index (χ2n) is 6.51. The Labute approximate surface area is 167 Å². The predicted octanol–water partition coefficient (Wildman–Crippen LogP) is 4.22. The second-order valence-corrected chi connectivity index (χ2v) is 8.32. The van der Waals surface area contributed by atoms with Gasteiger partial charge in [-0.2, -0.15) is 5.26 Å². The molecule has 3 heterocycles. The molecule has 2 aromatic rings. The maximum absolute atomic E-state index is 12.9. The monoisotopic (exact) mass is 397 g/mol. The van der Waals surface area contributed by atoms with Gasteiger partial charge in [0.1, 0.15) is 5.76 Å². The van der Waals surface area contributed by atoms with Gasteiger partial charge in [-0.15, -0.1) is 11.8 Å². The number of carbonyl (C=O) groups is 1. The lowest BCUT2D eigenvalue weighted by Gasteiger charge is -2.41. The molecule has 2 aliphatic rings. The summed E-state index contributed by atoms with van der Waals surface area (Å²) < 4.78 is 5.41. The molecule has 5 nitrogen and oxygen atoms in total. The first kappa shape index (κ1) is 18.2. The molecule has 1 aromatic heterocycles. The minimum atomic E-state index is -0.159. The van der Waals surface area contributed by atoms with Crippen LogP contribution in [-0.2, 0) is 11.3 Å². The zero-order chi connectivity index (χ0) is 18.8. The number of allylic oxidation sites excluding steroid dienone is 1. The molecule has 1 amide bonds. The van der Waals surface area contributed by atoms with E-state index >= 15 is 0 Å². The summed E-state index contributed by atoms with van der Waals surface area (Å²) in [5.74, 6) is 1.51. The van der Waals surface area contributed by atoms with E-state index in [9.17, 15) is 10.1 Å². The molecule has 1 saturated heterocycles. The van der Waals surface area contributed by atoms with Crippen LogP contribution in [0.15, 0.2) is 62.6 Å². The fraction of sp³-hybridized carbons (Fsp3) is 0.300. The molecule has 0 radical (unpaired) electrons. The molecule has 0 saturated carbocycles. The van der Waals surface area contributed by atoms with E-state index in [0.29, 0.717) is 25.2 Å². The predicted molar refractivity (Wildman–Crippen MR) is 107 cm³/mol. The van der Waals surface area contributed by atoms with Crippen molar-refractivity contribution in [3.63, 3.8) is 0 Å². The van der Waals surface area contributed by atoms with Crippen molar-refractivity contribution in [2.24, 2.45) is 0 Å². The molecular formula is C20H19N3O2S2. The Bertz CT molecular complexity index is 900. The van der Waals surface area contributed by atoms with Crippen LogP contribution in [0.25, 0.3) is 0 Å². The number of rotatable bonds is 4. The molecule has 7 heteroatoms. The summed E-state index contributed by atoms with van der Waals surface area (Å²) in [6.07, 6.45) is 4.03. The van der Waals surface area contributed by atoms with E-state index in [1.54, 1.807) is 34.7 Å². The number of fused-ring (bicyclic) bond motifs is 1. The highest BCUT2D eigenvalue weighted by Crippen LogP contribution is 2.42. The van der Waals surface area contributed by atoms with E-state index in [1.807, 2.05) is 30.5 Å². The van der Waals surface area contributed by atoms with Gasteiger partial charge < -0.3 is 4.42 Å². The quantitative estimate of drug-likeness (QED) is 0.720. The zero-order valence-corrected chi connectivity index (χ0v) is 16.6. The Kier molecular flexibility index (Phi) is 5.30. The summed E-state index contributed by atoms with van der Waals surface area (Å²) in [6.45, 7) is 1.14. The first-order chi connectivity index (χ1) is 13.2. The molecule has 4 rings (SSSR count). The highest BCUT2D eigenvalue weighted by Gasteiger charge is 2.38. The molecule has 0 spiro atoms. The second kappa shape index (κ2) is 7.85. The number of furan rings is 1. The first-order valence-electron chi connectivity index (χ1n) is 8.65. The number of hydrogen-bond acceptors (Lipinski definition) is 6. The molecule has 0 N–H and O–H groups in total. The Hall–Kier alpha value is -2.14. The van der Waals surface area contributed by atoms with Gasteiger partial charge in [-0.1, -0.05) is 23.9 Å². The molecule has 27 heavy (non-hydrogen) atoms. The number of nitrogens with zero attached hydrogens (tertiary/aromatic N) is 3. The fourth-order valence-corrected chi connectivity index (χ4v) is 5.00. The van der Waals surface area contributed by atoms with Crippen LogP contribution in [0.2, 0.25) is 0 Å². The van der Waals surface area contributed by atoms with Crippen molar-refractivity contribution in [3.8, 4) is 6.07 Å². The lowest BCUT2D eigenvalue weighted by Crippen LogP contribution is -2.46. The Morgan fingerprint density at radius 3 is 2.81 bits per heavy atom. The number of amides is 1. The first-order valence-corrected chi connectivity index (χ1v) is 10.9. The van der Waals surface area contributed by atoms with Crippen molar-refractivity contribution in [2.45, 2.75) is 23.8 Å². The summed E-state index contributed by atoms with van der Waals surface area (Å²) >= 11 is 3.24. The summed E-state index contributed by atoms with van der Waals surface area (Å²) in [5.41, 5.74) is 1.73. The molecule has 0 bridgehead atoms. The number of carbonyl (C=O) groups excluding carboxylic acids is 1. The summed E-state index contributed by atoms with van der Waals surface area (Å²) in [5, 5.41) is 10.6. The molecule has 0 unspecified atom stereocenters. The van der Waals surface area contributed by atoms with Crippen LogP contribution >= 0.6 is 23.5 Å². The maximum atomic E-state index is 12.9. The number of nitriles is 1. The Balaban J connectivity index is 1.59. The van der Waals surface area contributed by atoms with Gasteiger partial charge in [0.15, 0.2) is 0 Å². The topological polar surface area (TPSA) is 60.5 Å². The fourth-order valence-electron chi connectivity index (χ4n) is 3.45. The van der Waals surface area contributed by atoms with Crippen LogP contribution in [0.4, 0.5) is 0 Å². The van der Waals surface area contributed by atoms with E-state index in [4.69, 9.17) is 4.42 Å². The average molecular weight is 398 g/mol. The van der Waals surface area contributed by atoms with Gasteiger partial charge in [0.05, 0.1) is 42.0 Å². The maximum Gasteiger partial charge on any atom is 0.229 e. The highest BCUT2D eigenvalue weighted by atomic mass is 32.2. The minimum absolute atomic E-state index is 0.0691. The van der Waals surface area contributed by atoms with Crippen molar-refractivity contribution < 1.29 is 9.21 Å². The van der Waals surface area contributed by atoms with Crippen LogP contribution in [0.1, 0.15) is 23.7 Å². The van der Waals surface area contributed by atoms with Gasteiger partial charge in [-0.3, -0.25) is 14.6 Å². The van der Waals surface area contributed by atoms with Crippen LogP contribution in [-0.4, -0.2) is 34.5 Å². The standard InChI is InChI=1S/C20H19N3O2S2/c1-26-16-6-4-14(5-7-16)17-9-19(24)23-12-22(11-15-3-2-8-25-15)13-27-20(23)18(17)10-21/h2-8,17H,9,11-13H2,1H3/t17-/m1/s1. The SMILES string of the molecule is CSc1ccc([C@H]2CC(=O)N3CN(Cc4ccco4)CSC3=C2C#N)cc1. The molecule has 138 valence electrons. The smallest absolute Gasteiger partial charge is 0.229 e. The van der Waals surface area contributed by atoms with E-state index in [0.717, 1.165) is 22.2 Å². The molecular weight excluding hydrogens is 378 g/mol. The lowest BCUT2D eigenvalue weighted by atomic mass is 9.86. The van der Waals surface area contributed by atoms with Gasteiger partial charge in [-0.25, -0.2) is 0 Å². The Morgan fingerprint density at radius 1 is 1.33 bits per heavy atom. The molecule has 2 aliphatic heterocycles. The van der Waals surface area contributed by atoms with Crippen molar-refractivity contribution in [3.05, 3.63) is 64.6 Å². The third-order valence-electron chi connectivity index (χ3n) is 4.83. The van der Waals surface area contributed by atoms with Gasteiger partial charge in [0, 0.05) is 17.2 Å². The molecule has 1 fully saturated rings. The largest absolute Gasteiger partial charge is 0.468 e. The van der Waals surface area contributed by atoms with Crippen molar-refractivity contribution in [2.75, 3.05) is 18.8 Å². The van der Waals surface area contributed by atoms with Crippen LogP contribution < -0.4 is 0 Å². The highest BCUT2D eigenvalue weighted by molar-refractivity contribution is 8.03. The summed E-state index contributed by atoms with van der Waals surface area (Å²) in [6, 6.07) is 14.4. The molecule has 1 aromatic carbocycles. The van der Waals surface area contributed by atoms with Gasteiger partial charge in [0.2, 0.25) is 5.91 Å². The minimum Gasteiger partial charge on any atom is -0.468 e. The van der Waals surface area contributed by atoms with Crippen molar-refractivity contribution >= 4 is 29.4 Å². The van der Waals surface area contributed by atoms with Crippen LogP contribution in [0.5, 0.6) is 0 Å². The van der Waals surface area contributed by atoms with Crippen LogP contribution in [0.3, 0.4) is 0 Å². The van der Waals surface area contributed by atoms with E-state index in [2.05, 4.69) is 23.1 Å². The number of thioether (sulfide) groups is 2.